The van der Waals surface area contributed by atoms with E-state index in [9.17, 15) is 8.42 Å². The van der Waals surface area contributed by atoms with Gasteiger partial charge in [-0.2, -0.15) is 17.0 Å². The Kier molecular flexibility index (Phi) is 4.12. The van der Waals surface area contributed by atoms with Gasteiger partial charge < -0.3 is 5.32 Å². The molecule has 0 aromatic carbocycles. The van der Waals surface area contributed by atoms with Crippen molar-refractivity contribution in [2.45, 2.75) is 44.6 Å². The molecule has 110 valence electrons. The second-order valence-electron chi connectivity index (χ2n) is 6.10. The molecule has 3 saturated heterocycles. The molecule has 5 nitrogen and oxygen atoms in total. The van der Waals surface area contributed by atoms with Gasteiger partial charge in [0.25, 0.3) is 10.2 Å². The van der Waals surface area contributed by atoms with Crippen LogP contribution >= 0.6 is 0 Å². The molecule has 3 heterocycles. The average Bonchev–Trinajstić information content (AvgIpc) is 2.65. The second kappa shape index (κ2) is 5.68. The largest absolute Gasteiger partial charge is 0.312 e. The number of nitrogens with one attached hydrogen (secondary N) is 1. The summed E-state index contributed by atoms with van der Waals surface area (Å²) in [6.07, 6.45) is 6.70. The third-order valence-electron chi connectivity index (χ3n) is 4.78. The van der Waals surface area contributed by atoms with Crippen LogP contribution in [0.15, 0.2) is 0 Å². The first-order chi connectivity index (χ1) is 9.18. The van der Waals surface area contributed by atoms with Gasteiger partial charge in [-0.05, 0) is 38.1 Å². The van der Waals surface area contributed by atoms with Gasteiger partial charge in [-0.1, -0.05) is 12.8 Å². The summed E-state index contributed by atoms with van der Waals surface area (Å²) in [5, 5.41) is 3.47. The number of rotatable bonds is 2. The molecule has 0 bridgehead atoms. The van der Waals surface area contributed by atoms with Crippen LogP contribution in [-0.2, 0) is 10.2 Å². The Hall–Kier alpha value is -0.170. The molecule has 19 heavy (non-hydrogen) atoms. The van der Waals surface area contributed by atoms with Gasteiger partial charge in [-0.3, -0.25) is 0 Å². The highest BCUT2D eigenvalue weighted by Gasteiger charge is 2.41. The molecule has 0 spiro atoms. The minimum atomic E-state index is -3.22. The van der Waals surface area contributed by atoms with Gasteiger partial charge in [0.15, 0.2) is 0 Å². The van der Waals surface area contributed by atoms with E-state index in [-0.39, 0.29) is 0 Å². The van der Waals surface area contributed by atoms with Gasteiger partial charge in [0.05, 0.1) is 0 Å². The van der Waals surface area contributed by atoms with E-state index >= 15 is 0 Å². The van der Waals surface area contributed by atoms with E-state index in [0.717, 1.165) is 25.9 Å². The van der Waals surface area contributed by atoms with Crippen LogP contribution in [0.5, 0.6) is 0 Å². The first kappa shape index (κ1) is 13.8. The van der Waals surface area contributed by atoms with Crippen LogP contribution in [0.4, 0.5) is 0 Å². The Morgan fingerprint density at radius 2 is 1.63 bits per heavy atom. The molecule has 0 saturated carbocycles. The number of hydrogen-bond acceptors (Lipinski definition) is 3. The summed E-state index contributed by atoms with van der Waals surface area (Å²) in [6.45, 7) is 3.85. The van der Waals surface area contributed by atoms with E-state index in [1.54, 1.807) is 8.61 Å². The molecule has 3 fully saturated rings. The van der Waals surface area contributed by atoms with Crippen LogP contribution in [0.2, 0.25) is 0 Å². The molecular formula is C13H25N3O2S. The van der Waals surface area contributed by atoms with Gasteiger partial charge >= 0.3 is 0 Å². The third-order valence-corrected chi connectivity index (χ3v) is 6.75. The summed E-state index contributed by atoms with van der Waals surface area (Å²) in [7, 11) is -3.22. The monoisotopic (exact) mass is 287 g/mol. The minimum Gasteiger partial charge on any atom is -0.312 e. The van der Waals surface area contributed by atoms with E-state index in [1.165, 1.54) is 25.7 Å². The van der Waals surface area contributed by atoms with Crippen LogP contribution < -0.4 is 5.32 Å². The van der Waals surface area contributed by atoms with E-state index in [0.29, 0.717) is 31.6 Å². The Labute approximate surface area is 116 Å². The molecular weight excluding hydrogens is 262 g/mol. The maximum absolute atomic E-state index is 12.7. The van der Waals surface area contributed by atoms with Crippen molar-refractivity contribution in [1.29, 1.82) is 0 Å². The van der Waals surface area contributed by atoms with Gasteiger partial charge in [-0.15, -0.1) is 0 Å². The van der Waals surface area contributed by atoms with Gasteiger partial charge in [0, 0.05) is 32.2 Å². The number of piperidine rings is 1. The molecule has 0 aromatic heterocycles. The Morgan fingerprint density at radius 1 is 0.895 bits per heavy atom. The highest BCUT2D eigenvalue weighted by Crippen LogP contribution is 2.28. The lowest BCUT2D eigenvalue weighted by molar-refractivity contribution is 0.338. The zero-order valence-electron chi connectivity index (χ0n) is 11.6. The minimum absolute atomic E-state index is 0.385. The zero-order chi connectivity index (χ0) is 13.3. The fourth-order valence-electron chi connectivity index (χ4n) is 3.63. The lowest BCUT2D eigenvalue weighted by Gasteiger charge is -2.26. The summed E-state index contributed by atoms with van der Waals surface area (Å²) in [4.78, 5) is 0. The maximum Gasteiger partial charge on any atom is 0.282 e. The molecule has 2 atom stereocenters. The summed E-state index contributed by atoms with van der Waals surface area (Å²) >= 11 is 0. The van der Waals surface area contributed by atoms with Crippen molar-refractivity contribution in [3.63, 3.8) is 0 Å². The molecule has 3 aliphatic rings. The van der Waals surface area contributed by atoms with Gasteiger partial charge in [0.1, 0.15) is 0 Å². The Morgan fingerprint density at radius 3 is 2.32 bits per heavy atom. The Balaban J connectivity index is 1.70. The molecule has 0 amide bonds. The predicted octanol–water partition coefficient (Wildman–Crippen LogP) is 0.791. The smallest absolute Gasteiger partial charge is 0.282 e. The van der Waals surface area contributed by atoms with Crippen molar-refractivity contribution < 1.29 is 8.42 Å². The van der Waals surface area contributed by atoms with E-state index in [1.807, 2.05) is 0 Å². The summed E-state index contributed by atoms with van der Waals surface area (Å²) in [5.41, 5.74) is 0. The van der Waals surface area contributed by atoms with Crippen LogP contribution in [0, 0.1) is 5.92 Å². The number of hydrogen-bond donors (Lipinski definition) is 1. The zero-order valence-corrected chi connectivity index (χ0v) is 12.4. The Bertz CT molecular complexity index is 390. The lowest BCUT2D eigenvalue weighted by atomic mass is 9.94. The topological polar surface area (TPSA) is 52.7 Å². The van der Waals surface area contributed by atoms with Crippen LogP contribution in [0.25, 0.3) is 0 Å². The molecule has 0 aromatic rings. The van der Waals surface area contributed by atoms with Crippen LogP contribution in [0.1, 0.15) is 38.5 Å². The van der Waals surface area contributed by atoms with Crippen molar-refractivity contribution in [1.82, 2.24) is 13.9 Å². The second-order valence-corrected chi connectivity index (χ2v) is 8.03. The molecule has 3 aliphatic heterocycles. The van der Waals surface area contributed by atoms with Gasteiger partial charge in [0.2, 0.25) is 0 Å². The number of fused-ring (bicyclic) bond motifs is 1. The normalized spacial score (nSPS) is 34.9. The van der Waals surface area contributed by atoms with E-state index in [4.69, 9.17) is 0 Å². The first-order valence-corrected chi connectivity index (χ1v) is 9.06. The SMILES string of the molecule is O=S(=O)(N1CCCCCC1)N1CC2CCCNC2C1. The fourth-order valence-corrected chi connectivity index (χ4v) is 5.41. The molecule has 3 rings (SSSR count). The predicted molar refractivity (Wildman–Crippen MR) is 75.0 cm³/mol. The molecule has 0 aliphatic carbocycles. The fraction of sp³-hybridized carbons (Fsp3) is 1.00. The molecule has 0 radical (unpaired) electrons. The molecule has 6 heteroatoms. The number of nitrogens with zero attached hydrogens (tertiary/aromatic N) is 2. The maximum atomic E-state index is 12.7. The lowest BCUT2D eigenvalue weighted by Crippen LogP contribution is -2.44. The van der Waals surface area contributed by atoms with Gasteiger partial charge in [-0.25, -0.2) is 0 Å². The highest BCUT2D eigenvalue weighted by molar-refractivity contribution is 7.86. The van der Waals surface area contributed by atoms with Crippen molar-refractivity contribution in [3.8, 4) is 0 Å². The quantitative estimate of drug-likeness (QED) is 0.817. The van der Waals surface area contributed by atoms with Crippen molar-refractivity contribution >= 4 is 10.2 Å². The molecule has 1 N–H and O–H groups in total. The third kappa shape index (κ3) is 2.82. The first-order valence-electron chi connectivity index (χ1n) is 7.66. The molecule has 2 unspecified atom stereocenters. The average molecular weight is 287 g/mol. The van der Waals surface area contributed by atoms with Crippen LogP contribution in [-0.4, -0.2) is 55.8 Å². The summed E-state index contributed by atoms with van der Waals surface area (Å²) < 4.78 is 28.9. The standard InChI is InChI=1S/C13H25N3O2S/c17-19(18,15-8-3-1-2-4-9-15)16-10-12-6-5-7-14-13(12)11-16/h12-14H,1-11H2. The summed E-state index contributed by atoms with van der Waals surface area (Å²) in [6, 6.07) is 0.385. The van der Waals surface area contributed by atoms with Crippen LogP contribution in [0.3, 0.4) is 0 Å². The van der Waals surface area contributed by atoms with Crippen molar-refractivity contribution in [3.05, 3.63) is 0 Å². The summed E-state index contributed by atoms with van der Waals surface area (Å²) in [5.74, 6) is 0.524. The highest BCUT2D eigenvalue weighted by atomic mass is 32.2. The van der Waals surface area contributed by atoms with E-state index < -0.39 is 10.2 Å². The van der Waals surface area contributed by atoms with Crippen molar-refractivity contribution in [2.75, 3.05) is 32.7 Å². The van der Waals surface area contributed by atoms with Crippen molar-refractivity contribution in [2.24, 2.45) is 5.92 Å². The van der Waals surface area contributed by atoms with E-state index in [2.05, 4.69) is 5.32 Å².